The Morgan fingerprint density at radius 1 is 1.10 bits per heavy atom. The van der Waals surface area contributed by atoms with Crippen molar-refractivity contribution in [2.45, 2.75) is 38.3 Å². The van der Waals surface area contributed by atoms with Gasteiger partial charge in [-0.3, -0.25) is 4.79 Å². The molecule has 11 heteroatoms. The zero-order valence-electron chi connectivity index (χ0n) is 15.7. The van der Waals surface area contributed by atoms with Gasteiger partial charge in [-0.25, -0.2) is 0 Å². The predicted molar refractivity (Wildman–Crippen MR) is 89.4 cm³/mol. The van der Waals surface area contributed by atoms with Crippen LogP contribution in [0.1, 0.15) is 30.6 Å². The molecule has 2 rings (SSSR count). The third-order valence-corrected chi connectivity index (χ3v) is 4.68. The molecule has 1 saturated heterocycles. The Kier molecular flexibility index (Phi) is 6.73. The molecule has 0 bridgehead atoms. The van der Waals surface area contributed by atoms with Gasteiger partial charge >= 0.3 is 18.1 Å². The first-order valence-corrected chi connectivity index (χ1v) is 8.81. The fraction of sp³-hybridized carbons (Fsp3) is 0.611. The van der Waals surface area contributed by atoms with Crippen LogP contribution in [0.3, 0.4) is 0 Å². The highest BCUT2D eigenvalue weighted by Gasteiger charge is 2.74. The molecule has 29 heavy (non-hydrogen) atoms. The molecule has 1 heterocycles. The van der Waals surface area contributed by atoms with E-state index in [-0.39, 0.29) is 32.0 Å². The first-order chi connectivity index (χ1) is 13.4. The van der Waals surface area contributed by atoms with Crippen LogP contribution in [0, 0.1) is 5.41 Å². The summed E-state index contributed by atoms with van der Waals surface area (Å²) in [6, 6.07) is 5.05. The van der Waals surface area contributed by atoms with Crippen LogP contribution in [-0.2, 0) is 9.47 Å². The van der Waals surface area contributed by atoms with E-state index in [0.717, 1.165) is 11.4 Å². The molecule has 0 spiro atoms. The quantitative estimate of drug-likeness (QED) is 0.500. The Bertz CT molecular complexity index is 696. The molecule has 1 N–H and O–H groups in total. The molecule has 0 saturated carbocycles. The molecule has 0 aliphatic carbocycles. The van der Waals surface area contributed by atoms with Gasteiger partial charge in [0.1, 0.15) is 5.75 Å². The molecule has 5 nitrogen and oxygen atoms in total. The molecule has 0 aromatic heterocycles. The maximum absolute atomic E-state index is 13.7. The zero-order chi connectivity index (χ0) is 21.9. The number of rotatable bonds is 8. The van der Waals surface area contributed by atoms with E-state index in [0.29, 0.717) is 0 Å². The molecule has 1 fully saturated rings. The van der Waals surface area contributed by atoms with Crippen molar-refractivity contribution in [1.29, 1.82) is 0 Å². The first kappa shape index (κ1) is 23.3. The Labute approximate surface area is 163 Å². The minimum Gasteiger partial charge on any atom is -0.493 e. The lowest BCUT2D eigenvalue weighted by molar-refractivity contribution is -0.396. The monoisotopic (exact) mass is 429 g/mol. The second-order valence-corrected chi connectivity index (χ2v) is 6.70. The van der Waals surface area contributed by atoms with Crippen LogP contribution in [0.5, 0.6) is 5.75 Å². The maximum atomic E-state index is 13.7. The smallest absolute Gasteiger partial charge is 0.446 e. The van der Waals surface area contributed by atoms with Crippen molar-refractivity contribution in [3.63, 3.8) is 0 Å². The second kappa shape index (κ2) is 8.39. The summed E-state index contributed by atoms with van der Waals surface area (Å²) in [4.78, 5) is 12.4. The number of benzene rings is 1. The molecule has 1 aromatic rings. The third-order valence-electron chi connectivity index (χ3n) is 4.68. The van der Waals surface area contributed by atoms with Gasteiger partial charge in [0.25, 0.3) is 5.91 Å². The summed E-state index contributed by atoms with van der Waals surface area (Å²) in [5, 5.41) is 1.04. The number of carbonyl (C=O) groups excluding carboxylic acids is 1. The molecular formula is C18H21F6NO4. The molecule has 0 atom stereocenters. The lowest BCUT2D eigenvalue weighted by Crippen LogP contribution is -2.70. The van der Waals surface area contributed by atoms with Gasteiger partial charge in [-0.15, -0.1) is 0 Å². The number of hydrogen-bond donors (Lipinski definition) is 1. The van der Waals surface area contributed by atoms with Crippen molar-refractivity contribution in [3.8, 4) is 5.75 Å². The normalized spacial score (nSPS) is 16.8. The highest BCUT2D eigenvalue weighted by molar-refractivity contribution is 5.97. The number of ether oxygens (including phenoxy) is 3. The predicted octanol–water partition coefficient (Wildman–Crippen LogP) is 4.08. The van der Waals surface area contributed by atoms with Gasteiger partial charge in [-0.05, 0) is 25.5 Å². The van der Waals surface area contributed by atoms with Crippen molar-refractivity contribution < 1.29 is 45.3 Å². The Morgan fingerprint density at radius 3 is 2.14 bits per heavy atom. The van der Waals surface area contributed by atoms with Crippen molar-refractivity contribution >= 4 is 5.91 Å². The Morgan fingerprint density at radius 2 is 1.69 bits per heavy atom. The molecule has 1 amide bonds. The number of carbonyl (C=O) groups is 1. The van der Waals surface area contributed by atoms with E-state index in [2.05, 4.69) is 4.74 Å². The van der Waals surface area contributed by atoms with Crippen LogP contribution in [-0.4, -0.2) is 50.4 Å². The highest BCUT2D eigenvalue weighted by Crippen LogP contribution is 2.46. The van der Waals surface area contributed by atoms with E-state index in [1.54, 1.807) is 13.8 Å². The van der Waals surface area contributed by atoms with Gasteiger partial charge in [-0.1, -0.05) is 19.1 Å². The standard InChI is InChI=1S/C18H21F6NO4/c1-3-15(9-27-10-15)11-29-16(17(19,20)21,18(22,23)24)25-14(26)12-7-5-6-8-13(12)28-4-2/h5-8H,3-4,9-11H2,1-2H3,(H,25,26). The zero-order valence-corrected chi connectivity index (χ0v) is 15.7. The van der Waals surface area contributed by atoms with Gasteiger partial charge in [0, 0.05) is 5.41 Å². The number of amides is 1. The molecule has 0 radical (unpaired) electrons. The average molecular weight is 429 g/mol. The fourth-order valence-corrected chi connectivity index (χ4v) is 2.71. The van der Waals surface area contributed by atoms with Crippen molar-refractivity contribution in [3.05, 3.63) is 29.8 Å². The lowest BCUT2D eigenvalue weighted by Gasteiger charge is -2.44. The summed E-state index contributed by atoms with van der Waals surface area (Å²) in [6.07, 6.45) is -11.7. The van der Waals surface area contributed by atoms with E-state index in [9.17, 15) is 31.1 Å². The third kappa shape index (κ3) is 4.61. The molecule has 1 aromatic carbocycles. The van der Waals surface area contributed by atoms with E-state index < -0.39 is 41.6 Å². The number of hydrogen-bond acceptors (Lipinski definition) is 4. The van der Waals surface area contributed by atoms with Gasteiger partial charge < -0.3 is 19.5 Å². The van der Waals surface area contributed by atoms with E-state index in [1.807, 2.05) is 0 Å². The maximum Gasteiger partial charge on any atom is 0.446 e. The van der Waals surface area contributed by atoms with Gasteiger partial charge in [0.2, 0.25) is 0 Å². The summed E-state index contributed by atoms with van der Waals surface area (Å²) in [5.74, 6) is -1.78. The van der Waals surface area contributed by atoms with Crippen molar-refractivity contribution in [1.82, 2.24) is 5.32 Å². The minimum absolute atomic E-state index is 0.0313. The van der Waals surface area contributed by atoms with Crippen LogP contribution < -0.4 is 10.1 Å². The van der Waals surface area contributed by atoms with Crippen LogP contribution in [0.4, 0.5) is 26.3 Å². The van der Waals surface area contributed by atoms with Gasteiger partial charge in [-0.2, -0.15) is 26.3 Å². The number of para-hydroxylation sites is 1. The minimum atomic E-state index is -5.97. The number of alkyl halides is 6. The number of halogens is 6. The number of nitrogens with one attached hydrogen (secondary N) is 1. The molecule has 164 valence electrons. The van der Waals surface area contributed by atoms with Crippen LogP contribution in [0.2, 0.25) is 0 Å². The SMILES string of the molecule is CCOc1ccccc1C(=O)NC(OCC1(CC)COC1)(C(F)(F)F)C(F)(F)F. The highest BCUT2D eigenvalue weighted by atomic mass is 19.4. The fourth-order valence-electron chi connectivity index (χ4n) is 2.71. The van der Waals surface area contributed by atoms with E-state index in [4.69, 9.17) is 9.47 Å². The van der Waals surface area contributed by atoms with Crippen LogP contribution in [0.25, 0.3) is 0 Å². The topological polar surface area (TPSA) is 56.8 Å². The first-order valence-electron chi connectivity index (χ1n) is 8.81. The van der Waals surface area contributed by atoms with Crippen molar-refractivity contribution in [2.24, 2.45) is 5.41 Å². The molecular weight excluding hydrogens is 408 g/mol. The average Bonchev–Trinajstić information content (AvgIpc) is 2.58. The summed E-state index contributed by atoms with van der Waals surface area (Å²) < 4.78 is 96.5. The molecule has 1 aliphatic rings. The lowest BCUT2D eigenvalue weighted by atomic mass is 9.84. The summed E-state index contributed by atoms with van der Waals surface area (Å²) in [7, 11) is 0. The molecule has 0 unspecified atom stereocenters. The summed E-state index contributed by atoms with van der Waals surface area (Å²) >= 11 is 0. The van der Waals surface area contributed by atoms with Gasteiger partial charge in [0.05, 0.1) is 32.0 Å². The second-order valence-electron chi connectivity index (χ2n) is 6.70. The summed E-state index contributed by atoms with van der Waals surface area (Å²) in [5.41, 5.74) is -6.34. The van der Waals surface area contributed by atoms with Gasteiger partial charge in [0.15, 0.2) is 0 Å². The Balaban J connectivity index is 2.40. The Hall–Kier alpha value is -2.01. The summed E-state index contributed by atoms with van der Waals surface area (Å²) in [6.45, 7) is 2.26. The largest absolute Gasteiger partial charge is 0.493 e. The van der Waals surface area contributed by atoms with E-state index in [1.165, 1.54) is 18.2 Å². The van der Waals surface area contributed by atoms with Crippen LogP contribution >= 0.6 is 0 Å². The van der Waals surface area contributed by atoms with Crippen LogP contribution in [0.15, 0.2) is 24.3 Å². The van der Waals surface area contributed by atoms with E-state index >= 15 is 0 Å². The van der Waals surface area contributed by atoms with Crippen molar-refractivity contribution in [2.75, 3.05) is 26.4 Å². The molecule has 1 aliphatic heterocycles.